The van der Waals surface area contributed by atoms with Crippen LogP contribution in [0, 0.1) is 10.1 Å². The van der Waals surface area contributed by atoms with Gasteiger partial charge in [-0.3, -0.25) is 10.1 Å². The summed E-state index contributed by atoms with van der Waals surface area (Å²) in [5, 5.41) is 18.3. The van der Waals surface area contributed by atoms with Gasteiger partial charge in [0.25, 0.3) is 0 Å². The van der Waals surface area contributed by atoms with Gasteiger partial charge in [0.2, 0.25) is 11.6 Å². The zero-order valence-corrected chi connectivity index (χ0v) is 15.0. The summed E-state index contributed by atoms with van der Waals surface area (Å²) in [5.41, 5.74) is 0.0451. The third-order valence-corrected chi connectivity index (χ3v) is 3.93. The van der Waals surface area contributed by atoms with E-state index in [1.807, 2.05) is 0 Å². The zero-order chi connectivity index (χ0) is 18.7. The Kier molecular flexibility index (Phi) is 5.36. The van der Waals surface area contributed by atoms with Crippen molar-refractivity contribution in [1.29, 1.82) is 0 Å². The molecule has 0 saturated carbocycles. The van der Waals surface area contributed by atoms with Gasteiger partial charge in [0.1, 0.15) is 12.1 Å². The van der Waals surface area contributed by atoms with Gasteiger partial charge in [-0.1, -0.05) is 34.8 Å². The third kappa shape index (κ3) is 4.10. The molecule has 0 unspecified atom stereocenters. The van der Waals surface area contributed by atoms with Crippen molar-refractivity contribution in [1.82, 2.24) is 15.0 Å². The van der Waals surface area contributed by atoms with Gasteiger partial charge in [-0.2, -0.15) is 0 Å². The molecule has 0 spiro atoms. The zero-order valence-electron chi connectivity index (χ0n) is 12.8. The Balaban J connectivity index is 1.98. The Labute approximate surface area is 162 Å². The summed E-state index contributed by atoms with van der Waals surface area (Å²) in [6, 6.07) is 7.85. The lowest BCUT2D eigenvalue weighted by Gasteiger charge is -2.11. The standard InChI is InChI=1S/C15H9Cl3N6O2/c16-8-1-3-11(10(18)5-8)22-14-13(24(25)26)15(21-7-20-14)23-12-4-2-9(17)6-19-12/h1-7H,(H2,19,20,21,22,23). The van der Waals surface area contributed by atoms with E-state index in [0.717, 1.165) is 0 Å². The van der Waals surface area contributed by atoms with Crippen LogP contribution in [0.5, 0.6) is 0 Å². The molecule has 0 bridgehead atoms. The van der Waals surface area contributed by atoms with Crippen molar-refractivity contribution in [3.8, 4) is 0 Å². The molecular weight excluding hydrogens is 403 g/mol. The van der Waals surface area contributed by atoms with E-state index in [1.54, 1.807) is 24.3 Å². The van der Waals surface area contributed by atoms with E-state index in [-0.39, 0.29) is 17.3 Å². The van der Waals surface area contributed by atoms with E-state index >= 15 is 0 Å². The number of benzene rings is 1. The number of nitro groups is 1. The fraction of sp³-hybridized carbons (Fsp3) is 0. The van der Waals surface area contributed by atoms with Crippen LogP contribution in [0.3, 0.4) is 0 Å². The second kappa shape index (κ2) is 7.69. The summed E-state index contributed by atoms with van der Waals surface area (Å²) >= 11 is 17.7. The van der Waals surface area contributed by atoms with Gasteiger partial charge in [-0.25, -0.2) is 15.0 Å². The van der Waals surface area contributed by atoms with E-state index in [0.29, 0.717) is 26.6 Å². The topological polar surface area (TPSA) is 106 Å². The molecule has 26 heavy (non-hydrogen) atoms. The van der Waals surface area contributed by atoms with Crippen molar-refractivity contribution in [2.24, 2.45) is 0 Å². The molecule has 0 aliphatic heterocycles. The second-order valence-corrected chi connectivity index (χ2v) is 6.19. The van der Waals surface area contributed by atoms with Crippen molar-refractivity contribution < 1.29 is 4.92 Å². The molecule has 0 aliphatic carbocycles. The van der Waals surface area contributed by atoms with Crippen LogP contribution in [0.4, 0.5) is 28.8 Å². The van der Waals surface area contributed by atoms with Gasteiger partial charge in [0, 0.05) is 11.2 Å². The largest absolute Gasteiger partial charge is 0.353 e. The molecule has 3 aromatic rings. The van der Waals surface area contributed by atoms with Crippen molar-refractivity contribution in [2.45, 2.75) is 0 Å². The van der Waals surface area contributed by atoms with Gasteiger partial charge >= 0.3 is 5.69 Å². The van der Waals surface area contributed by atoms with Gasteiger partial charge in [0.15, 0.2) is 0 Å². The van der Waals surface area contributed by atoms with E-state index in [9.17, 15) is 10.1 Å². The van der Waals surface area contributed by atoms with Crippen LogP contribution < -0.4 is 10.6 Å². The number of aromatic nitrogens is 3. The van der Waals surface area contributed by atoms with Crippen molar-refractivity contribution in [3.63, 3.8) is 0 Å². The van der Waals surface area contributed by atoms with Crippen LogP contribution in [0.25, 0.3) is 0 Å². The first kappa shape index (κ1) is 18.1. The van der Waals surface area contributed by atoms with Crippen molar-refractivity contribution in [3.05, 3.63) is 68.0 Å². The molecule has 0 atom stereocenters. The van der Waals surface area contributed by atoms with Crippen LogP contribution >= 0.6 is 34.8 Å². The SMILES string of the molecule is O=[N+]([O-])c1c(Nc2ccc(Cl)cn2)ncnc1Nc1ccc(Cl)cc1Cl. The quantitative estimate of drug-likeness (QED) is 0.437. The minimum absolute atomic E-state index is 0.0348. The summed E-state index contributed by atoms with van der Waals surface area (Å²) < 4.78 is 0. The highest BCUT2D eigenvalue weighted by Crippen LogP contribution is 2.35. The number of anilines is 4. The maximum Gasteiger partial charge on any atom is 0.353 e. The number of hydrogen-bond donors (Lipinski definition) is 2. The van der Waals surface area contributed by atoms with E-state index in [2.05, 4.69) is 25.6 Å². The molecular formula is C15H9Cl3N6O2. The predicted molar refractivity (Wildman–Crippen MR) is 101 cm³/mol. The Bertz CT molecular complexity index is 968. The minimum Gasteiger partial charge on any atom is -0.333 e. The third-order valence-electron chi connectivity index (χ3n) is 3.16. The summed E-state index contributed by atoms with van der Waals surface area (Å²) in [4.78, 5) is 22.9. The smallest absolute Gasteiger partial charge is 0.333 e. The van der Waals surface area contributed by atoms with E-state index in [1.165, 1.54) is 18.6 Å². The molecule has 0 radical (unpaired) electrons. The average molecular weight is 412 g/mol. The molecule has 2 heterocycles. The molecule has 3 rings (SSSR count). The molecule has 0 aliphatic rings. The maximum absolute atomic E-state index is 11.6. The first-order valence-corrected chi connectivity index (χ1v) is 8.17. The van der Waals surface area contributed by atoms with Crippen LogP contribution in [0.2, 0.25) is 15.1 Å². The molecule has 2 N–H and O–H groups in total. The van der Waals surface area contributed by atoms with Crippen molar-refractivity contribution >= 4 is 63.6 Å². The van der Waals surface area contributed by atoms with Crippen LogP contribution in [0.15, 0.2) is 42.9 Å². The highest BCUT2D eigenvalue weighted by atomic mass is 35.5. The van der Waals surface area contributed by atoms with Gasteiger partial charge in [-0.05, 0) is 30.3 Å². The molecule has 132 valence electrons. The number of nitrogens with one attached hydrogen (secondary N) is 2. The Morgan fingerprint density at radius 2 is 1.62 bits per heavy atom. The normalized spacial score (nSPS) is 10.4. The molecule has 0 saturated heterocycles. The minimum atomic E-state index is -0.607. The first-order valence-electron chi connectivity index (χ1n) is 7.04. The number of halogens is 3. The second-order valence-electron chi connectivity index (χ2n) is 4.91. The molecule has 1 aromatic carbocycles. The lowest BCUT2D eigenvalue weighted by Crippen LogP contribution is -2.06. The number of nitrogens with zero attached hydrogens (tertiary/aromatic N) is 4. The van der Waals surface area contributed by atoms with Gasteiger partial charge in [0.05, 0.1) is 20.7 Å². The monoisotopic (exact) mass is 410 g/mol. The fourth-order valence-corrected chi connectivity index (χ4v) is 2.59. The summed E-state index contributed by atoms with van der Waals surface area (Å²) in [7, 11) is 0. The average Bonchev–Trinajstić information content (AvgIpc) is 2.59. The Hall–Kier alpha value is -2.68. The van der Waals surface area contributed by atoms with Crippen LogP contribution in [0.1, 0.15) is 0 Å². The predicted octanol–water partition coefficient (Wildman–Crippen LogP) is 5.23. The number of rotatable bonds is 5. The summed E-state index contributed by atoms with van der Waals surface area (Å²) in [6.07, 6.45) is 2.58. The maximum atomic E-state index is 11.6. The first-order chi connectivity index (χ1) is 12.4. The Morgan fingerprint density at radius 3 is 2.23 bits per heavy atom. The number of pyridine rings is 1. The lowest BCUT2D eigenvalue weighted by atomic mass is 10.3. The Morgan fingerprint density at radius 1 is 0.923 bits per heavy atom. The highest BCUT2D eigenvalue weighted by molar-refractivity contribution is 6.36. The van der Waals surface area contributed by atoms with E-state index < -0.39 is 4.92 Å². The highest BCUT2D eigenvalue weighted by Gasteiger charge is 2.24. The molecule has 2 aromatic heterocycles. The van der Waals surface area contributed by atoms with Crippen molar-refractivity contribution in [2.75, 3.05) is 10.6 Å². The fourth-order valence-electron chi connectivity index (χ4n) is 2.02. The van der Waals surface area contributed by atoms with E-state index in [4.69, 9.17) is 34.8 Å². The summed E-state index contributed by atoms with van der Waals surface area (Å²) in [5.74, 6) is 0.268. The molecule has 8 nitrogen and oxygen atoms in total. The number of hydrogen-bond acceptors (Lipinski definition) is 7. The van der Waals surface area contributed by atoms with Gasteiger partial charge in [-0.15, -0.1) is 0 Å². The molecule has 11 heteroatoms. The van der Waals surface area contributed by atoms with Gasteiger partial charge < -0.3 is 10.6 Å². The summed E-state index contributed by atoms with van der Waals surface area (Å²) in [6.45, 7) is 0. The lowest BCUT2D eigenvalue weighted by molar-refractivity contribution is -0.383. The van der Waals surface area contributed by atoms with Crippen LogP contribution in [-0.4, -0.2) is 19.9 Å². The molecule has 0 amide bonds. The van der Waals surface area contributed by atoms with Crippen LogP contribution in [-0.2, 0) is 0 Å². The molecule has 0 fully saturated rings.